The number of ether oxygens (including phenoxy) is 2. The van der Waals surface area contributed by atoms with Gasteiger partial charge in [-0.3, -0.25) is 0 Å². The Hall–Kier alpha value is -3.39. The fourth-order valence-electron chi connectivity index (χ4n) is 8.20. The molecule has 2 aliphatic carbocycles. The monoisotopic (exact) mass is 710 g/mol. The van der Waals surface area contributed by atoms with Crippen LogP contribution in [0.2, 0.25) is 0 Å². The molecule has 0 spiro atoms. The van der Waals surface area contributed by atoms with E-state index in [1.807, 2.05) is 12.1 Å². The van der Waals surface area contributed by atoms with Crippen LogP contribution in [0.5, 0.6) is 0 Å². The van der Waals surface area contributed by atoms with Gasteiger partial charge in [-0.2, -0.15) is 13.2 Å². The second-order valence-electron chi connectivity index (χ2n) is 14.9. The van der Waals surface area contributed by atoms with Gasteiger partial charge >= 0.3 is 18.1 Å². The van der Waals surface area contributed by atoms with Crippen LogP contribution >= 0.6 is 0 Å². The molecule has 1 unspecified atom stereocenters. The maximum atomic E-state index is 12.4. The minimum Gasteiger partial charge on any atom is -0.462 e. The molecule has 5 nitrogen and oxygen atoms in total. The highest BCUT2D eigenvalue weighted by Crippen LogP contribution is 2.46. The molecule has 0 aromatic heterocycles. The first-order chi connectivity index (χ1) is 24.4. The summed E-state index contributed by atoms with van der Waals surface area (Å²) in [6, 6.07) is 17.2. The van der Waals surface area contributed by atoms with Crippen LogP contribution in [-0.2, 0) is 25.5 Å². The molecule has 2 aliphatic rings. The Morgan fingerprint density at radius 3 is 1.90 bits per heavy atom. The van der Waals surface area contributed by atoms with Crippen LogP contribution < -0.4 is 0 Å². The Kier molecular flexibility index (Phi) is 15.8. The van der Waals surface area contributed by atoms with Crippen molar-refractivity contribution < 1.29 is 37.3 Å². The van der Waals surface area contributed by atoms with Gasteiger partial charge in [0, 0.05) is 12.0 Å². The number of esters is 2. The molecular formula is C43H57F3O5. The number of unbranched alkanes of at least 4 members (excludes halogenated alkanes) is 1. The highest BCUT2D eigenvalue weighted by atomic mass is 19.4. The molecule has 4 rings (SSSR count). The van der Waals surface area contributed by atoms with Crippen LogP contribution in [0.3, 0.4) is 0 Å². The number of hydrogen-bond donors (Lipinski definition) is 1. The number of alkyl halides is 3. The van der Waals surface area contributed by atoms with Crippen LogP contribution in [0, 0.1) is 23.7 Å². The van der Waals surface area contributed by atoms with E-state index in [4.69, 9.17) is 9.47 Å². The summed E-state index contributed by atoms with van der Waals surface area (Å²) in [6.45, 7) is 9.09. The van der Waals surface area contributed by atoms with Crippen LogP contribution in [0.1, 0.15) is 114 Å². The number of carbonyl (C=O) groups excluding carboxylic acids is 2. The van der Waals surface area contributed by atoms with Crippen LogP contribution in [0.25, 0.3) is 11.1 Å². The molecule has 0 amide bonds. The number of aryl methyl sites for hydroxylation is 1. The summed E-state index contributed by atoms with van der Waals surface area (Å²) in [5, 5.41) is 9.18. The zero-order valence-corrected chi connectivity index (χ0v) is 30.4. The molecule has 280 valence electrons. The molecule has 51 heavy (non-hydrogen) atoms. The minimum absolute atomic E-state index is 0.0640. The van der Waals surface area contributed by atoms with Crippen molar-refractivity contribution in [3.8, 4) is 11.1 Å². The number of hydrogen-bond acceptors (Lipinski definition) is 5. The van der Waals surface area contributed by atoms with Crippen molar-refractivity contribution in [2.75, 3.05) is 19.8 Å². The van der Waals surface area contributed by atoms with Gasteiger partial charge < -0.3 is 14.6 Å². The summed E-state index contributed by atoms with van der Waals surface area (Å²) in [5.41, 5.74) is 5.23. The lowest BCUT2D eigenvalue weighted by molar-refractivity contribution is -0.141. The SMILES string of the molecule is C=C(C)C(=O)OCCCC(CCOC(=O)C(=C)CO)C1CCC(C2CCC(c3ccc(-c4ccc(CCCCC(F)(F)F)cc4)cc3)CC2)CC1. The summed E-state index contributed by atoms with van der Waals surface area (Å²) >= 11 is 0. The van der Waals surface area contributed by atoms with Gasteiger partial charge in [0.05, 0.1) is 25.4 Å². The lowest BCUT2D eigenvalue weighted by Crippen LogP contribution is -2.29. The smallest absolute Gasteiger partial charge is 0.389 e. The normalized spacial score (nSPS) is 21.4. The molecule has 0 bridgehead atoms. The summed E-state index contributed by atoms with van der Waals surface area (Å²) in [5.74, 6) is 2.11. The number of rotatable bonds is 18. The van der Waals surface area contributed by atoms with Gasteiger partial charge in [-0.05, 0) is 149 Å². The Morgan fingerprint density at radius 2 is 1.33 bits per heavy atom. The first-order valence-electron chi connectivity index (χ1n) is 19.0. The summed E-state index contributed by atoms with van der Waals surface area (Å²) in [4.78, 5) is 23.8. The zero-order valence-electron chi connectivity index (χ0n) is 30.4. The van der Waals surface area contributed by atoms with E-state index in [9.17, 15) is 27.9 Å². The minimum atomic E-state index is -4.07. The predicted molar refractivity (Wildman–Crippen MR) is 196 cm³/mol. The molecule has 2 fully saturated rings. The maximum Gasteiger partial charge on any atom is 0.389 e. The lowest BCUT2D eigenvalue weighted by atomic mass is 9.66. The van der Waals surface area contributed by atoms with Crippen molar-refractivity contribution in [1.82, 2.24) is 0 Å². The number of benzene rings is 2. The van der Waals surface area contributed by atoms with E-state index in [0.29, 0.717) is 49.4 Å². The topological polar surface area (TPSA) is 72.8 Å². The Labute approximate surface area is 302 Å². The van der Waals surface area contributed by atoms with Crippen molar-refractivity contribution in [2.45, 2.75) is 115 Å². The molecule has 0 saturated heterocycles. The summed E-state index contributed by atoms with van der Waals surface area (Å²) < 4.78 is 47.9. The average Bonchev–Trinajstić information content (AvgIpc) is 3.14. The van der Waals surface area contributed by atoms with E-state index >= 15 is 0 Å². The largest absolute Gasteiger partial charge is 0.462 e. The van der Waals surface area contributed by atoms with Crippen molar-refractivity contribution in [2.24, 2.45) is 23.7 Å². The van der Waals surface area contributed by atoms with Crippen LogP contribution in [-0.4, -0.2) is 43.0 Å². The molecular weight excluding hydrogens is 653 g/mol. The molecule has 1 N–H and O–H groups in total. The predicted octanol–water partition coefficient (Wildman–Crippen LogP) is 10.7. The van der Waals surface area contributed by atoms with E-state index in [1.54, 1.807) is 6.92 Å². The summed E-state index contributed by atoms with van der Waals surface area (Å²) in [7, 11) is 0. The lowest BCUT2D eigenvalue weighted by Gasteiger charge is -2.40. The third-order valence-corrected chi connectivity index (χ3v) is 11.3. The molecule has 2 aromatic carbocycles. The highest BCUT2D eigenvalue weighted by Gasteiger charge is 2.34. The summed E-state index contributed by atoms with van der Waals surface area (Å²) in [6.07, 6.45) is 8.72. The van der Waals surface area contributed by atoms with E-state index < -0.39 is 25.2 Å². The second kappa shape index (κ2) is 20.0. The third kappa shape index (κ3) is 13.3. The fraction of sp³-hybridized carbons (Fsp3) is 0.581. The van der Waals surface area contributed by atoms with Gasteiger partial charge in [0.1, 0.15) is 0 Å². The maximum absolute atomic E-state index is 12.4. The first-order valence-corrected chi connectivity index (χ1v) is 19.0. The fourth-order valence-corrected chi connectivity index (χ4v) is 8.20. The standard InChI is InChI=1S/C43H57F3O5/c1-30(2)41(48)50-27-6-8-33(25-28-51-42(49)31(3)29-47)35-13-15-37(16-14-35)39-21-23-40(24-22-39)38-19-17-36(18-20-38)34-11-9-32(10-12-34)7-4-5-26-43(44,45)46/h9-12,17-20,33,35,37,39-40,47H,1,3-8,13-16,21-29H2,2H3. The first kappa shape index (κ1) is 40.4. The van der Waals surface area contributed by atoms with E-state index in [-0.39, 0.29) is 18.0 Å². The number of carbonyl (C=O) groups is 2. The highest BCUT2D eigenvalue weighted by molar-refractivity contribution is 5.88. The van der Waals surface area contributed by atoms with E-state index in [0.717, 1.165) is 47.8 Å². The molecule has 8 heteroatoms. The van der Waals surface area contributed by atoms with Gasteiger partial charge in [-0.25, -0.2) is 9.59 Å². The van der Waals surface area contributed by atoms with Crippen molar-refractivity contribution in [1.29, 1.82) is 0 Å². The molecule has 2 aromatic rings. The molecule has 0 heterocycles. The molecule has 1 atom stereocenters. The number of aliphatic hydroxyl groups is 1. The Balaban J connectivity index is 1.21. The number of halogens is 3. The zero-order chi connectivity index (χ0) is 36.8. The van der Waals surface area contributed by atoms with Crippen molar-refractivity contribution >= 4 is 11.9 Å². The molecule has 0 radical (unpaired) electrons. The molecule has 2 saturated carbocycles. The average molecular weight is 711 g/mol. The quantitative estimate of drug-likeness (QED) is 0.0947. The van der Waals surface area contributed by atoms with E-state index in [1.165, 1.54) is 56.9 Å². The van der Waals surface area contributed by atoms with Gasteiger partial charge in [0.15, 0.2) is 0 Å². The molecule has 0 aliphatic heterocycles. The van der Waals surface area contributed by atoms with Crippen molar-refractivity contribution in [3.05, 3.63) is 84.0 Å². The van der Waals surface area contributed by atoms with Gasteiger partial charge in [0.2, 0.25) is 0 Å². The van der Waals surface area contributed by atoms with Crippen LogP contribution in [0.4, 0.5) is 13.2 Å². The van der Waals surface area contributed by atoms with Crippen molar-refractivity contribution in [3.63, 3.8) is 0 Å². The van der Waals surface area contributed by atoms with Gasteiger partial charge in [-0.15, -0.1) is 0 Å². The van der Waals surface area contributed by atoms with Gasteiger partial charge in [-0.1, -0.05) is 61.7 Å². The van der Waals surface area contributed by atoms with Crippen LogP contribution in [0.15, 0.2) is 72.8 Å². The van der Waals surface area contributed by atoms with E-state index in [2.05, 4.69) is 49.6 Å². The third-order valence-electron chi connectivity index (χ3n) is 11.3. The number of aliphatic hydroxyl groups excluding tert-OH is 1. The Bertz CT molecular complexity index is 1400. The Morgan fingerprint density at radius 1 is 0.765 bits per heavy atom. The van der Waals surface area contributed by atoms with Gasteiger partial charge in [0.25, 0.3) is 0 Å². The second-order valence-corrected chi connectivity index (χ2v) is 14.9.